The molecule has 1 atom stereocenters. The molecule has 0 aliphatic carbocycles. The van der Waals surface area contributed by atoms with Crippen molar-refractivity contribution >= 4 is 5.91 Å². The van der Waals surface area contributed by atoms with Crippen LogP contribution < -0.4 is 0 Å². The molecule has 0 spiro atoms. The molecule has 0 saturated carbocycles. The number of ether oxygens (including phenoxy) is 1. The monoisotopic (exact) mass is 305 g/mol. The first-order valence-electron chi connectivity index (χ1n) is 8.22. The van der Waals surface area contributed by atoms with Crippen LogP contribution in [0.2, 0.25) is 0 Å². The van der Waals surface area contributed by atoms with Gasteiger partial charge < -0.3 is 9.64 Å². The second-order valence-electron chi connectivity index (χ2n) is 6.77. The molecule has 122 valence electrons. The molecule has 22 heavy (non-hydrogen) atoms. The van der Waals surface area contributed by atoms with E-state index in [0.29, 0.717) is 13.2 Å². The predicted molar refractivity (Wildman–Crippen MR) is 85.2 cm³/mol. The summed E-state index contributed by atoms with van der Waals surface area (Å²) in [6.07, 6.45) is 5.05. The van der Waals surface area contributed by atoms with Gasteiger partial charge in [0.1, 0.15) is 11.6 Å². The van der Waals surface area contributed by atoms with Crippen LogP contribution in [0, 0.1) is 11.3 Å². The topological polar surface area (TPSA) is 56.6 Å². The first kappa shape index (κ1) is 17.0. The van der Waals surface area contributed by atoms with E-state index in [0.717, 1.165) is 38.9 Å². The largest absolute Gasteiger partial charge is 0.379 e. The summed E-state index contributed by atoms with van der Waals surface area (Å²) in [6, 6.07) is 2.35. The second kappa shape index (κ2) is 7.26. The number of nitrogens with zero attached hydrogens (tertiary/aromatic N) is 3. The molecule has 5 nitrogen and oxygen atoms in total. The minimum Gasteiger partial charge on any atom is -0.379 e. The minimum atomic E-state index is -0.316. The van der Waals surface area contributed by atoms with Gasteiger partial charge in [-0.15, -0.1) is 0 Å². The number of piperidine rings is 1. The van der Waals surface area contributed by atoms with E-state index in [9.17, 15) is 10.1 Å². The van der Waals surface area contributed by atoms with E-state index in [1.807, 2.05) is 11.0 Å². The molecule has 2 rings (SSSR count). The summed E-state index contributed by atoms with van der Waals surface area (Å²) in [4.78, 5) is 16.8. The number of morpholine rings is 1. The summed E-state index contributed by atoms with van der Waals surface area (Å²) in [6.45, 7) is 10.0. The Morgan fingerprint density at radius 2 is 1.95 bits per heavy atom. The minimum absolute atomic E-state index is 0.115. The van der Waals surface area contributed by atoms with Crippen LogP contribution in [0.15, 0.2) is 11.6 Å². The lowest BCUT2D eigenvalue weighted by molar-refractivity contribution is -0.129. The Labute approximate surface area is 133 Å². The van der Waals surface area contributed by atoms with E-state index in [2.05, 4.69) is 31.7 Å². The summed E-state index contributed by atoms with van der Waals surface area (Å²) < 4.78 is 5.38. The first-order valence-corrected chi connectivity index (χ1v) is 8.22. The van der Waals surface area contributed by atoms with Gasteiger partial charge in [0.25, 0.3) is 5.91 Å². The highest BCUT2D eigenvalue weighted by atomic mass is 16.5. The standard InChI is InChI=1S/C17H27N3O2/c1-14-6-4-5-7-20(14)16(21)15(13-18)12-17(2,3)19-8-10-22-11-9-19/h12,14H,4-11H2,1-3H3/b15-12+/t14-/m1/s1. The van der Waals surface area contributed by atoms with Crippen LogP contribution in [-0.2, 0) is 9.53 Å². The number of hydrogen-bond donors (Lipinski definition) is 0. The number of carbonyl (C=O) groups excluding carboxylic acids is 1. The number of rotatable bonds is 3. The normalized spacial score (nSPS) is 24.9. The SMILES string of the molecule is C[C@@H]1CCCCN1C(=O)/C(C#N)=C/C(C)(C)N1CCOCC1. The van der Waals surface area contributed by atoms with Gasteiger partial charge in [0.2, 0.25) is 0 Å². The van der Waals surface area contributed by atoms with Gasteiger partial charge in [-0.25, -0.2) is 0 Å². The van der Waals surface area contributed by atoms with Gasteiger partial charge in [-0.05, 0) is 46.1 Å². The highest BCUT2D eigenvalue weighted by Gasteiger charge is 2.31. The summed E-state index contributed by atoms with van der Waals surface area (Å²) in [5.41, 5.74) is -0.0472. The fraction of sp³-hybridized carbons (Fsp3) is 0.765. The smallest absolute Gasteiger partial charge is 0.264 e. The maximum absolute atomic E-state index is 12.7. The number of amides is 1. The molecule has 2 aliphatic rings. The van der Waals surface area contributed by atoms with Gasteiger partial charge in [-0.2, -0.15) is 5.26 Å². The van der Waals surface area contributed by atoms with Crippen molar-refractivity contribution in [2.24, 2.45) is 0 Å². The Balaban J connectivity index is 2.15. The molecule has 0 radical (unpaired) electrons. The third kappa shape index (κ3) is 3.88. The zero-order valence-electron chi connectivity index (χ0n) is 14.0. The molecule has 2 fully saturated rings. The highest BCUT2D eigenvalue weighted by molar-refractivity contribution is 5.97. The molecule has 2 heterocycles. The summed E-state index contributed by atoms with van der Waals surface area (Å²) in [5.74, 6) is -0.115. The molecule has 0 aromatic rings. The predicted octanol–water partition coefficient (Wildman–Crippen LogP) is 1.95. The summed E-state index contributed by atoms with van der Waals surface area (Å²) in [5, 5.41) is 9.47. The van der Waals surface area contributed by atoms with E-state index < -0.39 is 0 Å². The number of nitriles is 1. The fourth-order valence-corrected chi connectivity index (χ4v) is 3.28. The summed E-state index contributed by atoms with van der Waals surface area (Å²) in [7, 11) is 0. The van der Waals surface area contributed by atoms with Gasteiger partial charge in [0.15, 0.2) is 0 Å². The van der Waals surface area contributed by atoms with Gasteiger partial charge in [0, 0.05) is 31.2 Å². The molecule has 0 unspecified atom stereocenters. The van der Waals surface area contributed by atoms with E-state index in [1.54, 1.807) is 0 Å². The Kier molecular flexibility index (Phi) is 5.60. The lowest BCUT2D eigenvalue weighted by Crippen LogP contribution is -2.49. The highest BCUT2D eigenvalue weighted by Crippen LogP contribution is 2.23. The molecule has 2 aliphatic heterocycles. The average Bonchev–Trinajstić information content (AvgIpc) is 2.53. The lowest BCUT2D eigenvalue weighted by atomic mass is 9.96. The van der Waals surface area contributed by atoms with E-state index >= 15 is 0 Å². The van der Waals surface area contributed by atoms with Crippen molar-refractivity contribution in [3.05, 3.63) is 11.6 Å². The molecule has 5 heteroatoms. The molecule has 1 amide bonds. The fourth-order valence-electron chi connectivity index (χ4n) is 3.28. The third-order valence-electron chi connectivity index (χ3n) is 4.74. The van der Waals surface area contributed by atoms with Crippen molar-refractivity contribution in [1.82, 2.24) is 9.80 Å². The Morgan fingerprint density at radius 3 is 2.55 bits per heavy atom. The van der Waals surface area contributed by atoms with Crippen LogP contribution in [0.3, 0.4) is 0 Å². The van der Waals surface area contributed by atoms with Crippen molar-refractivity contribution in [2.75, 3.05) is 32.8 Å². The first-order chi connectivity index (χ1) is 10.5. The van der Waals surface area contributed by atoms with E-state index in [1.165, 1.54) is 0 Å². The second-order valence-corrected chi connectivity index (χ2v) is 6.77. The molecule has 2 saturated heterocycles. The number of likely N-dealkylation sites (tertiary alicyclic amines) is 1. The molecular formula is C17H27N3O2. The van der Waals surface area contributed by atoms with Gasteiger partial charge >= 0.3 is 0 Å². The van der Waals surface area contributed by atoms with Crippen LogP contribution in [0.5, 0.6) is 0 Å². The van der Waals surface area contributed by atoms with Crippen molar-refractivity contribution in [3.63, 3.8) is 0 Å². The van der Waals surface area contributed by atoms with Crippen molar-refractivity contribution < 1.29 is 9.53 Å². The van der Waals surface area contributed by atoms with Crippen LogP contribution in [0.25, 0.3) is 0 Å². The van der Waals surface area contributed by atoms with Gasteiger partial charge in [-0.1, -0.05) is 0 Å². The van der Waals surface area contributed by atoms with Crippen LogP contribution in [-0.4, -0.2) is 60.1 Å². The van der Waals surface area contributed by atoms with E-state index in [4.69, 9.17) is 4.74 Å². The van der Waals surface area contributed by atoms with Crippen molar-refractivity contribution in [2.45, 2.75) is 51.6 Å². The third-order valence-corrected chi connectivity index (χ3v) is 4.74. The average molecular weight is 305 g/mol. The number of carbonyl (C=O) groups is 1. The molecule has 0 bridgehead atoms. The Morgan fingerprint density at radius 1 is 1.27 bits per heavy atom. The number of hydrogen-bond acceptors (Lipinski definition) is 4. The maximum Gasteiger partial charge on any atom is 0.264 e. The Hall–Kier alpha value is -1.38. The maximum atomic E-state index is 12.7. The zero-order valence-corrected chi connectivity index (χ0v) is 14.0. The zero-order chi connectivity index (χ0) is 16.2. The quantitative estimate of drug-likeness (QED) is 0.591. The molecule has 0 N–H and O–H groups in total. The molecule has 0 aromatic carbocycles. The van der Waals surface area contributed by atoms with Crippen LogP contribution >= 0.6 is 0 Å². The van der Waals surface area contributed by atoms with Crippen LogP contribution in [0.4, 0.5) is 0 Å². The summed E-state index contributed by atoms with van der Waals surface area (Å²) >= 11 is 0. The molecular weight excluding hydrogens is 278 g/mol. The molecule has 0 aromatic heterocycles. The van der Waals surface area contributed by atoms with Crippen molar-refractivity contribution in [1.29, 1.82) is 5.26 Å². The Bertz CT molecular complexity index is 473. The van der Waals surface area contributed by atoms with E-state index in [-0.39, 0.29) is 23.1 Å². The van der Waals surface area contributed by atoms with Gasteiger partial charge in [0.05, 0.1) is 13.2 Å². The van der Waals surface area contributed by atoms with Gasteiger partial charge in [-0.3, -0.25) is 9.69 Å². The van der Waals surface area contributed by atoms with Crippen LogP contribution in [0.1, 0.15) is 40.0 Å². The lowest BCUT2D eigenvalue weighted by Gasteiger charge is -2.39. The van der Waals surface area contributed by atoms with Crippen molar-refractivity contribution in [3.8, 4) is 6.07 Å².